The van der Waals surface area contributed by atoms with Gasteiger partial charge in [0.15, 0.2) is 0 Å². The highest BCUT2D eigenvalue weighted by Crippen LogP contribution is 2.38. The van der Waals surface area contributed by atoms with Crippen LogP contribution in [0.4, 0.5) is 0 Å². The lowest BCUT2D eigenvalue weighted by Gasteiger charge is -2.41. The Bertz CT molecular complexity index is 1100. The molecular weight excluding hydrogens is 466 g/mol. The van der Waals surface area contributed by atoms with Gasteiger partial charge in [-0.3, -0.25) is 14.5 Å². The molecule has 1 fully saturated rings. The van der Waals surface area contributed by atoms with Crippen LogP contribution in [-0.4, -0.2) is 54.6 Å². The van der Waals surface area contributed by atoms with E-state index in [2.05, 4.69) is 42.4 Å². The molecular formula is C30H41N3O4. The van der Waals surface area contributed by atoms with Crippen molar-refractivity contribution in [3.8, 4) is 11.5 Å². The van der Waals surface area contributed by atoms with Crippen LogP contribution in [0.25, 0.3) is 0 Å². The molecule has 7 nitrogen and oxygen atoms in total. The number of carbonyl (C=O) groups excluding carboxylic acids is 2. The average Bonchev–Trinajstić information content (AvgIpc) is 2.87. The molecule has 0 aromatic heterocycles. The van der Waals surface area contributed by atoms with Crippen molar-refractivity contribution in [3.05, 3.63) is 59.2 Å². The van der Waals surface area contributed by atoms with Gasteiger partial charge in [-0.05, 0) is 68.0 Å². The van der Waals surface area contributed by atoms with Crippen LogP contribution in [0.1, 0.15) is 74.4 Å². The maximum Gasteiger partial charge on any atom is 0.255 e. The summed E-state index contributed by atoms with van der Waals surface area (Å²) in [4.78, 5) is 28.4. The van der Waals surface area contributed by atoms with Gasteiger partial charge in [0.05, 0.1) is 17.5 Å². The van der Waals surface area contributed by atoms with Crippen LogP contribution in [0.2, 0.25) is 0 Å². The van der Waals surface area contributed by atoms with Crippen molar-refractivity contribution in [2.75, 3.05) is 32.8 Å². The van der Waals surface area contributed by atoms with Gasteiger partial charge in [0, 0.05) is 18.7 Å². The van der Waals surface area contributed by atoms with E-state index in [1.54, 1.807) is 18.2 Å². The molecule has 200 valence electrons. The number of para-hydroxylation sites is 1. The van der Waals surface area contributed by atoms with Crippen molar-refractivity contribution in [1.29, 1.82) is 0 Å². The van der Waals surface area contributed by atoms with E-state index in [1.807, 2.05) is 18.2 Å². The molecule has 2 aromatic rings. The van der Waals surface area contributed by atoms with E-state index in [0.717, 1.165) is 50.8 Å². The largest absolute Gasteiger partial charge is 0.508 e. The smallest absolute Gasteiger partial charge is 0.255 e. The van der Waals surface area contributed by atoms with Crippen LogP contribution in [-0.2, 0) is 16.8 Å². The monoisotopic (exact) mass is 507 g/mol. The number of aromatic hydroxyl groups is 1. The Balaban J connectivity index is 1.40. The van der Waals surface area contributed by atoms with Crippen LogP contribution in [0.3, 0.4) is 0 Å². The Morgan fingerprint density at radius 3 is 2.49 bits per heavy atom. The zero-order valence-corrected chi connectivity index (χ0v) is 22.4. The molecule has 0 bridgehead atoms. The Morgan fingerprint density at radius 1 is 0.973 bits per heavy atom. The lowest BCUT2D eigenvalue weighted by molar-refractivity contribution is -0.134. The second-order valence-electron chi connectivity index (χ2n) is 11.5. The van der Waals surface area contributed by atoms with Crippen LogP contribution < -0.4 is 15.4 Å². The zero-order chi connectivity index (χ0) is 26.5. The molecule has 0 saturated carbocycles. The summed E-state index contributed by atoms with van der Waals surface area (Å²) < 4.78 is 5.85. The van der Waals surface area contributed by atoms with E-state index in [1.165, 1.54) is 5.56 Å². The number of benzene rings is 2. The van der Waals surface area contributed by atoms with E-state index in [9.17, 15) is 14.7 Å². The summed E-state index contributed by atoms with van der Waals surface area (Å²) in [5.74, 6) is 0.835. The molecule has 2 aliphatic heterocycles. The van der Waals surface area contributed by atoms with Gasteiger partial charge in [0.2, 0.25) is 5.91 Å². The molecule has 3 N–H and O–H groups in total. The number of carbonyl (C=O) groups is 2. The summed E-state index contributed by atoms with van der Waals surface area (Å²) >= 11 is 0. The minimum atomic E-state index is -0.419. The van der Waals surface area contributed by atoms with Crippen LogP contribution >= 0.6 is 0 Å². The number of nitrogens with one attached hydrogen (secondary N) is 2. The quantitative estimate of drug-likeness (QED) is 0.561. The van der Waals surface area contributed by atoms with Crippen molar-refractivity contribution in [2.24, 2.45) is 5.41 Å². The summed E-state index contributed by atoms with van der Waals surface area (Å²) in [6, 6.07) is 13.1. The SMILES string of the molecule is CC(C)(C)c1ccc(O)c(CN2CCC3(CCCCNC(=O)c4ccccc4OCCNC3=O)CC2)c1. The van der Waals surface area contributed by atoms with Crippen molar-refractivity contribution in [2.45, 2.75) is 64.8 Å². The summed E-state index contributed by atoms with van der Waals surface area (Å²) in [5.41, 5.74) is 2.26. The van der Waals surface area contributed by atoms with Crippen LogP contribution in [0.15, 0.2) is 42.5 Å². The van der Waals surface area contributed by atoms with E-state index in [-0.39, 0.29) is 17.2 Å². The summed E-state index contributed by atoms with van der Waals surface area (Å²) in [7, 11) is 0. The highest BCUT2D eigenvalue weighted by atomic mass is 16.5. The molecule has 37 heavy (non-hydrogen) atoms. The first-order valence-electron chi connectivity index (χ1n) is 13.5. The number of hydrogen-bond donors (Lipinski definition) is 3. The highest BCUT2D eigenvalue weighted by Gasteiger charge is 2.40. The number of rotatable bonds is 2. The minimum Gasteiger partial charge on any atom is -0.508 e. The van der Waals surface area contributed by atoms with Gasteiger partial charge in [0.25, 0.3) is 5.91 Å². The number of fused-ring (bicyclic) bond motifs is 1. The first-order valence-corrected chi connectivity index (χ1v) is 13.5. The van der Waals surface area contributed by atoms with Crippen molar-refractivity contribution >= 4 is 11.8 Å². The number of hydrogen-bond acceptors (Lipinski definition) is 5. The Morgan fingerprint density at radius 2 is 1.73 bits per heavy atom. The van der Waals surface area contributed by atoms with E-state index < -0.39 is 5.41 Å². The zero-order valence-electron chi connectivity index (χ0n) is 22.4. The predicted octanol–water partition coefficient (Wildman–Crippen LogP) is 4.38. The summed E-state index contributed by atoms with van der Waals surface area (Å²) in [6.45, 7) is 10.1. The van der Waals surface area contributed by atoms with E-state index >= 15 is 0 Å². The number of phenolic OH excluding ortho intramolecular Hbond substituents is 1. The molecule has 2 aromatic carbocycles. The summed E-state index contributed by atoms with van der Waals surface area (Å²) in [5, 5.41) is 16.6. The van der Waals surface area contributed by atoms with Gasteiger partial charge in [-0.25, -0.2) is 0 Å². The fraction of sp³-hybridized carbons (Fsp3) is 0.533. The average molecular weight is 508 g/mol. The normalized spacial score (nSPS) is 19.8. The number of ether oxygens (including phenoxy) is 1. The first-order chi connectivity index (χ1) is 17.7. The topological polar surface area (TPSA) is 90.9 Å². The standard InChI is InChI=1S/C30H41N3O4/c1-29(2,3)23-10-11-25(34)22(20-23)21-33-17-13-30(14-18-33)12-6-7-15-31-27(35)24-8-4-5-9-26(24)37-19-16-32-28(30)36/h4-5,8-11,20,34H,6-7,12-19,21H2,1-3H3,(H,31,35)(H,32,36). The van der Waals surface area contributed by atoms with E-state index in [0.29, 0.717) is 43.3 Å². The van der Waals surface area contributed by atoms with Crippen molar-refractivity contribution < 1.29 is 19.4 Å². The third kappa shape index (κ3) is 6.63. The molecule has 0 radical (unpaired) electrons. The first kappa shape index (κ1) is 27.0. The lowest BCUT2D eigenvalue weighted by Crippen LogP contribution is -2.49. The maximum atomic E-state index is 13.4. The highest BCUT2D eigenvalue weighted by molar-refractivity contribution is 5.96. The van der Waals surface area contributed by atoms with Crippen LogP contribution in [0, 0.1) is 5.41 Å². The number of amides is 2. The second-order valence-corrected chi connectivity index (χ2v) is 11.5. The number of piperidine rings is 1. The van der Waals surface area contributed by atoms with Gasteiger partial charge in [-0.2, -0.15) is 0 Å². The molecule has 2 aliphatic rings. The Hall–Kier alpha value is -3.06. The number of nitrogens with zero attached hydrogens (tertiary/aromatic N) is 1. The molecule has 0 atom stereocenters. The molecule has 0 aliphatic carbocycles. The number of likely N-dealkylation sites (tertiary alicyclic amines) is 1. The molecule has 1 spiro atoms. The Kier molecular flexibility index (Phi) is 8.42. The van der Waals surface area contributed by atoms with Crippen molar-refractivity contribution in [3.63, 3.8) is 0 Å². The van der Waals surface area contributed by atoms with Gasteiger partial charge in [-0.1, -0.05) is 51.5 Å². The predicted molar refractivity (Wildman–Crippen MR) is 145 cm³/mol. The third-order valence-corrected chi connectivity index (χ3v) is 7.78. The molecule has 4 rings (SSSR count). The van der Waals surface area contributed by atoms with Gasteiger partial charge >= 0.3 is 0 Å². The summed E-state index contributed by atoms with van der Waals surface area (Å²) in [6.07, 6.45) is 4.04. The Labute approximate surface area is 220 Å². The fourth-order valence-electron chi connectivity index (χ4n) is 5.33. The van der Waals surface area contributed by atoms with Gasteiger partial charge < -0.3 is 20.5 Å². The molecule has 7 heteroatoms. The van der Waals surface area contributed by atoms with Crippen LogP contribution in [0.5, 0.6) is 11.5 Å². The lowest BCUT2D eigenvalue weighted by atomic mass is 9.73. The third-order valence-electron chi connectivity index (χ3n) is 7.78. The molecule has 2 heterocycles. The molecule has 0 unspecified atom stereocenters. The minimum absolute atomic E-state index is 0.0172. The second kappa shape index (κ2) is 11.5. The molecule has 1 saturated heterocycles. The molecule has 2 amide bonds. The van der Waals surface area contributed by atoms with Gasteiger partial charge in [0.1, 0.15) is 18.1 Å². The maximum absolute atomic E-state index is 13.4. The fourth-order valence-corrected chi connectivity index (χ4v) is 5.33. The van der Waals surface area contributed by atoms with E-state index in [4.69, 9.17) is 4.74 Å². The number of phenols is 1. The van der Waals surface area contributed by atoms with Crippen molar-refractivity contribution in [1.82, 2.24) is 15.5 Å². The van der Waals surface area contributed by atoms with Gasteiger partial charge in [-0.15, -0.1) is 0 Å².